The Labute approximate surface area is 176 Å². The lowest BCUT2D eigenvalue weighted by Gasteiger charge is -2.06. The predicted octanol–water partition coefficient (Wildman–Crippen LogP) is 5.69. The number of halogens is 2. The van der Waals surface area contributed by atoms with Crippen LogP contribution in [0.3, 0.4) is 0 Å². The van der Waals surface area contributed by atoms with E-state index in [2.05, 4.69) is 20.9 Å². The summed E-state index contributed by atoms with van der Waals surface area (Å²) in [4.78, 5) is 28.5. The Morgan fingerprint density at radius 2 is 2.07 bits per heavy atom. The van der Waals surface area contributed by atoms with Crippen molar-refractivity contribution in [3.63, 3.8) is 0 Å². The van der Waals surface area contributed by atoms with Crippen LogP contribution in [0.15, 0.2) is 67.6 Å². The lowest BCUT2D eigenvalue weighted by Crippen LogP contribution is -2.08. The number of thiazole rings is 1. The van der Waals surface area contributed by atoms with Gasteiger partial charge in [0, 0.05) is 37.5 Å². The summed E-state index contributed by atoms with van der Waals surface area (Å²) < 4.78 is 11.3. The largest absolute Gasteiger partial charge is 0.456 e. The Bertz CT molecular complexity index is 1250. The maximum absolute atomic E-state index is 12.4. The zero-order valence-electron chi connectivity index (χ0n) is 14.1. The van der Waals surface area contributed by atoms with E-state index in [-0.39, 0.29) is 12.3 Å². The highest BCUT2D eigenvalue weighted by Crippen LogP contribution is 2.27. The van der Waals surface area contributed by atoms with Crippen molar-refractivity contribution in [1.29, 1.82) is 0 Å². The first kappa shape index (κ1) is 18.9. The number of carbonyl (C=O) groups is 1. The zero-order chi connectivity index (χ0) is 19.7. The summed E-state index contributed by atoms with van der Waals surface area (Å²) >= 11 is 10.7. The second-order valence-corrected chi connectivity index (χ2v) is 8.07. The molecule has 0 spiro atoms. The third kappa shape index (κ3) is 4.01. The molecular formula is C20H11BrClNO4S. The van der Waals surface area contributed by atoms with Gasteiger partial charge < -0.3 is 9.15 Å². The first-order valence-electron chi connectivity index (χ1n) is 8.10. The van der Waals surface area contributed by atoms with Crippen LogP contribution < -0.4 is 5.63 Å². The predicted molar refractivity (Wildman–Crippen MR) is 112 cm³/mol. The molecule has 0 aliphatic rings. The lowest BCUT2D eigenvalue weighted by atomic mass is 10.1. The van der Waals surface area contributed by atoms with Crippen molar-refractivity contribution < 1.29 is 13.9 Å². The van der Waals surface area contributed by atoms with E-state index in [9.17, 15) is 9.59 Å². The van der Waals surface area contributed by atoms with Gasteiger partial charge in [-0.05, 0) is 30.3 Å². The van der Waals surface area contributed by atoms with E-state index in [1.807, 2.05) is 18.2 Å². The molecule has 0 saturated carbocycles. The van der Waals surface area contributed by atoms with Crippen LogP contribution in [0.2, 0.25) is 5.02 Å². The normalized spacial score (nSPS) is 10.9. The summed E-state index contributed by atoms with van der Waals surface area (Å²) in [5, 5.41) is 3.60. The van der Waals surface area contributed by atoms with Gasteiger partial charge in [-0.3, -0.25) is 0 Å². The molecule has 4 aromatic rings. The number of aromatic nitrogens is 1. The van der Waals surface area contributed by atoms with Crippen molar-refractivity contribution in [2.75, 3.05) is 0 Å². The van der Waals surface area contributed by atoms with Crippen LogP contribution in [0.5, 0.6) is 0 Å². The van der Waals surface area contributed by atoms with E-state index in [0.29, 0.717) is 26.6 Å². The number of ether oxygens (including phenoxy) is 1. The summed E-state index contributed by atoms with van der Waals surface area (Å²) in [6, 6.07) is 13.9. The van der Waals surface area contributed by atoms with Gasteiger partial charge in [0.2, 0.25) is 0 Å². The van der Waals surface area contributed by atoms with Crippen LogP contribution in [0.25, 0.3) is 21.5 Å². The third-order valence-corrected chi connectivity index (χ3v) is 5.56. The second-order valence-electron chi connectivity index (χ2n) is 5.86. The fourth-order valence-corrected chi connectivity index (χ4v) is 3.98. The zero-order valence-corrected chi connectivity index (χ0v) is 17.3. The van der Waals surface area contributed by atoms with Gasteiger partial charge >= 0.3 is 11.6 Å². The molecule has 28 heavy (non-hydrogen) atoms. The number of hydrogen-bond donors (Lipinski definition) is 0. The summed E-state index contributed by atoms with van der Waals surface area (Å²) in [5.41, 5.74) is 1.51. The quantitative estimate of drug-likeness (QED) is 0.279. The number of fused-ring (bicyclic) bond motifs is 1. The molecule has 5 nitrogen and oxygen atoms in total. The van der Waals surface area contributed by atoms with E-state index in [4.69, 9.17) is 20.8 Å². The molecule has 140 valence electrons. The van der Waals surface area contributed by atoms with E-state index in [1.165, 1.54) is 17.4 Å². The molecule has 0 bridgehead atoms. The first-order chi connectivity index (χ1) is 13.5. The smallest absolute Gasteiger partial charge is 0.358 e. The fourth-order valence-electron chi connectivity index (χ4n) is 2.66. The molecule has 0 amide bonds. The molecule has 0 atom stereocenters. The summed E-state index contributed by atoms with van der Waals surface area (Å²) in [6.07, 6.45) is 0. The minimum atomic E-state index is -0.567. The van der Waals surface area contributed by atoms with Crippen LogP contribution in [-0.4, -0.2) is 11.0 Å². The maximum atomic E-state index is 12.4. The highest BCUT2D eigenvalue weighted by Gasteiger charge is 2.15. The van der Waals surface area contributed by atoms with Crippen molar-refractivity contribution in [3.05, 3.63) is 85.1 Å². The van der Waals surface area contributed by atoms with Crippen molar-refractivity contribution >= 4 is 55.8 Å². The Morgan fingerprint density at radius 1 is 1.21 bits per heavy atom. The van der Waals surface area contributed by atoms with E-state index in [1.54, 1.807) is 29.6 Å². The molecule has 2 heterocycles. The lowest BCUT2D eigenvalue weighted by molar-refractivity contribution is 0.0468. The van der Waals surface area contributed by atoms with Crippen molar-refractivity contribution in [2.24, 2.45) is 0 Å². The summed E-state index contributed by atoms with van der Waals surface area (Å²) in [7, 11) is 0. The van der Waals surface area contributed by atoms with E-state index in [0.717, 1.165) is 10.0 Å². The molecule has 0 N–H and O–H groups in total. The van der Waals surface area contributed by atoms with Crippen LogP contribution in [0, 0.1) is 0 Å². The van der Waals surface area contributed by atoms with Crippen LogP contribution in [0.1, 0.15) is 16.1 Å². The minimum Gasteiger partial charge on any atom is -0.456 e. The Kier molecular flexibility index (Phi) is 5.30. The fraction of sp³-hybridized carbons (Fsp3) is 0.0500. The third-order valence-electron chi connectivity index (χ3n) is 3.94. The maximum Gasteiger partial charge on any atom is 0.358 e. The molecule has 0 saturated heterocycles. The number of nitrogens with zero attached hydrogens (tertiary/aromatic N) is 1. The molecule has 2 aromatic heterocycles. The van der Waals surface area contributed by atoms with E-state index >= 15 is 0 Å². The van der Waals surface area contributed by atoms with Gasteiger partial charge in [-0.15, -0.1) is 11.3 Å². The van der Waals surface area contributed by atoms with Crippen LogP contribution >= 0.6 is 38.9 Å². The number of carbonyl (C=O) groups excluding carboxylic acids is 1. The van der Waals surface area contributed by atoms with Crippen molar-refractivity contribution in [2.45, 2.75) is 6.61 Å². The molecule has 0 aliphatic carbocycles. The van der Waals surface area contributed by atoms with Gasteiger partial charge in [-0.1, -0.05) is 39.7 Å². The monoisotopic (exact) mass is 475 g/mol. The van der Waals surface area contributed by atoms with Crippen LogP contribution in [0.4, 0.5) is 0 Å². The highest BCUT2D eigenvalue weighted by molar-refractivity contribution is 9.10. The molecule has 0 unspecified atom stereocenters. The molecule has 4 rings (SSSR count). The topological polar surface area (TPSA) is 69.4 Å². The standard InChI is InChI=1S/C20H11BrClNO4S/c21-13-4-5-15-12(7-18(24)27-17(15)8-13)9-26-20(25)16-10-28-19(23-16)11-2-1-3-14(22)6-11/h1-8,10H,9H2. The highest BCUT2D eigenvalue weighted by atomic mass is 79.9. The second kappa shape index (κ2) is 7.87. The van der Waals surface area contributed by atoms with Gasteiger partial charge in [-0.25, -0.2) is 14.6 Å². The van der Waals surface area contributed by atoms with Gasteiger partial charge in [0.05, 0.1) is 0 Å². The molecule has 2 aromatic carbocycles. The average molecular weight is 477 g/mol. The summed E-state index contributed by atoms with van der Waals surface area (Å²) in [5.74, 6) is -0.567. The number of hydrogen-bond acceptors (Lipinski definition) is 6. The Morgan fingerprint density at radius 3 is 2.89 bits per heavy atom. The number of benzene rings is 2. The minimum absolute atomic E-state index is 0.0629. The number of esters is 1. The number of rotatable bonds is 4. The summed E-state index contributed by atoms with van der Waals surface area (Å²) in [6.45, 7) is -0.0629. The first-order valence-corrected chi connectivity index (χ1v) is 10.2. The molecule has 0 aliphatic heterocycles. The average Bonchev–Trinajstić information content (AvgIpc) is 3.15. The van der Waals surface area contributed by atoms with Gasteiger partial charge in [0.1, 0.15) is 17.2 Å². The van der Waals surface area contributed by atoms with Gasteiger partial charge in [0.25, 0.3) is 0 Å². The van der Waals surface area contributed by atoms with Crippen molar-refractivity contribution in [3.8, 4) is 10.6 Å². The SMILES string of the molecule is O=C(OCc1cc(=O)oc2cc(Br)ccc12)c1csc(-c2cccc(Cl)c2)n1. The molecule has 0 radical (unpaired) electrons. The Hall–Kier alpha value is -2.48. The Balaban J connectivity index is 1.54. The molecular weight excluding hydrogens is 466 g/mol. The molecule has 0 fully saturated rings. The van der Waals surface area contributed by atoms with Crippen molar-refractivity contribution in [1.82, 2.24) is 4.98 Å². The van der Waals surface area contributed by atoms with Gasteiger partial charge in [0.15, 0.2) is 5.69 Å². The van der Waals surface area contributed by atoms with Gasteiger partial charge in [-0.2, -0.15) is 0 Å². The molecule has 8 heteroatoms. The van der Waals surface area contributed by atoms with Crippen LogP contribution in [-0.2, 0) is 11.3 Å². The van der Waals surface area contributed by atoms with E-state index < -0.39 is 11.6 Å².